The van der Waals surface area contributed by atoms with Crippen molar-refractivity contribution in [1.29, 1.82) is 0 Å². The molecule has 0 aromatic heterocycles. The van der Waals surface area contributed by atoms with Crippen LogP contribution in [0.15, 0.2) is 58.3 Å². The average Bonchev–Trinajstić information content (AvgIpc) is 3.63. The minimum absolute atomic E-state index is 0.0692. The van der Waals surface area contributed by atoms with Crippen LogP contribution in [0.2, 0.25) is 0 Å². The quantitative estimate of drug-likeness (QED) is 0.263. The molecule has 0 saturated carbocycles. The number of fused-ring (bicyclic) bond motifs is 2. The van der Waals surface area contributed by atoms with Gasteiger partial charge in [-0.25, -0.2) is 4.79 Å². The fourth-order valence-electron chi connectivity index (χ4n) is 5.69. The number of thiocarbonyl (C=S) groups is 2. The van der Waals surface area contributed by atoms with Crippen LogP contribution in [0.3, 0.4) is 0 Å². The van der Waals surface area contributed by atoms with E-state index in [0.29, 0.717) is 39.5 Å². The monoisotopic (exact) mass is 664 g/mol. The normalized spacial score (nSPS) is 22.1. The number of carbonyl (C=O) groups excluding carboxylic acids is 4. The van der Waals surface area contributed by atoms with Crippen LogP contribution in [0.4, 0.5) is 11.4 Å². The Hall–Kier alpha value is -3.85. The van der Waals surface area contributed by atoms with Crippen LogP contribution in [0, 0.1) is 0 Å². The van der Waals surface area contributed by atoms with Crippen molar-refractivity contribution >= 4 is 109 Å². The molecular formula is C30H24N4O6S4. The zero-order chi connectivity index (χ0) is 31.4. The first-order valence-electron chi connectivity index (χ1n) is 13.6. The number of unbranched alkanes of at least 4 members (excludes halogenated alkanes) is 1. The number of benzene rings is 2. The molecule has 4 heterocycles. The molecule has 0 unspecified atom stereocenters. The molecule has 0 aliphatic carbocycles. The fourth-order valence-corrected chi connectivity index (χ4v) is 8.50. The maximum Gasteiger partial charge on any atom is 0.326 e. The van der Waals surface area contributed by atoms with Gasteiger partial charge in [0.15, 0.2) is 0 Å². The summed E-state index contributed by atoms with van der Waals surface area (Å²) in [5.41, 5.74) is 3.19. The van der Waals surface area contributed by atoms with Crippen molar-refractivity contribution in [3.8, 4) is 0 Å². The maximum absolute atomic E-state index is 13.6. The highest BCUT2D eigenvalue weighted by molar-refractivity contribution is 8.27. The minimum Gasteiger partial charge on any atom is -0.480 e. The van der Waals surface area contributed by atoms with Gasteiger partial charge < -0.3 is 14.9 Å². The average molecular weight is 665 g/mol. The van der Waals surface area contributed by atoms with Crippen LogP contribution in [-0.2, 0) is 24.0 Å². The highest BCUT2D eigenvalue weighted by atomic mass is 32.2. The Bertz CT molecular complexity index is 1790. The van der Waals surface area contributed by atoms with Gasteiger partial charge in [0.1, 0.15) is 14.7 Å². The van der Waals surface area contributed by atoms with Gasteiger partial charge in [0.05, 0.1) is 32.3 Å². The molecular weight excluding hydrogens is 641 g/mol. The third-order valence-electron chi connectivity index (χ3n) is 7.91. The molecule has 1 atom stereocenters. The highest BCUT2D eigenvalue weighted by Crippen LogP contribution is 2.46. The molecule has 1 N–H and O–H groups in total. The molecule has 2 fully saturated rings. The van der Waals surface area contributed by atoms with Crippen molar-refractivity contribution in [2.45, 2.75) is 25.3 Å². The molecule has 14 heteroatoms. The van der Waals surface area contributed by atoms with Crippen molar-refractivity contribution < 1.29 is 29.1 Å². The smallest absolute Gasteiger partial charge is 0.326 e. The summed E-state index contributed by atoms with van der Waals surface area (Å²) in [5, 5.41) is 10.1. The number of para-hydroxylation sites is 2. The number of likely N-dealkylation sites (N-methyl/N-ethyl adjacent to an activating group) is 2. The Morgan fingerprint density at radius 3 is 1.80 bits per heavy atom. The van der Waals surface area contributed by atoms with Crippen LogP contribution in [-0.4, -0.2) is 79.8 Å². The summed E-state index contributed by atoms with van der Waals surface area (Å²) in [6, 6.07) is 13.1. The minimum atomic E-state index is -1.25. The lowest BCUT2D eigenvalue weighted by molar-refractivity contribution is -0.145. The maximum atomic E-state index is 13.6. The molecule has 2 aromatic rings. The summed E-state index contributed by atoms with van der Waals surface area (Å²) in [7, 11) is 3.28. The van der Waals surface area contributed by atoms with E-state index in [-0.39, 0.29) is 50.4 Å². The number of amides is 4. The number of aliphatic carboxylic acids is 1. The molecule has 224 valence electrons. The molecule has 10 nitrogen and oxygen atoms in total. The van der Waals surface area contributed by atoms with Gasteiger partial charge in [0.25, 0.3) is 23.6 Å². The van der Waals surface area contributed by atoms with E-state index in [1.807, 2.05) is 18.2 Å². The zero-order valence-electron chi connectivity index (χ0n) is 23.4. The summed E-state index contributed by atoms with van der Waals surface area (Å²) >= 11 is 12.9. The molecule has 0 spiro atoms. The predicted octanol–water partition coefficient (Wildman–Crippen LogP) is 4.11. The number of carbonyl (C=O) groups is 5. The van der Waals surface area contributed by atoms with E-state index in [1.165, 1.54) is 14.7 Å². The lowest BCUT2D eigenvalue weighted by Gasteiger charge is -2.23. The molecule has 4 amide bonds. The number of hydrogen-bond acceptors (Lipinski definition) is 9. The first kappa shape index (κ1) is 30.2. The third kappa shape index (κ3) is 4.76. The van der Waals surface area contributed by atoms with E-state index < -0.39 is 17.9 Å². The van der Waals surface area contributed by atoms with Gasteiger partial charge in [-0.15, -0.1) is 0 Å². The number of hydrogen-bond donors (Lipinski definition) is 1. The number of anilines is 2. The lowest BCUT2D eigenvalue weighted by atomic mass is 10.0. The van der Waals surface area contributed by atoms with Crippen LogP contribution < -0.4 is 9.80 Å². The molecule has 44 heavy (non-hydrogen) atoms. The first-order valence-corrected chi connectivity index (χ1v) is 16.0. The van der Waals surface area contributed by atoms with Gasteiger partial charge in [-0.1, -0.05) is 84.4 Å². The number of thioether (sulfide) groups is 2. The van der Waals surface area contributed by atoms with E-state index in [9.17, 15) is 29.1 Å². The van der Waals surface area contributed by atoms with Crippen LogP contribution in [0.5, 0.6) is 0 Å². The second kappa shape index (κ2) is 11.6. The topological polar surface area (TPSA) is 119 Å². The van der Waals surface area contributed by atoms with E-state index in [2.05, 4.69) is 0 Å². The summed E-state index contributed by atoms with van der Waals surface area (Å²) in [5.74, 6) is -2.83. The highest BCUT2D eigenvalue weighted by Gasteiger charge is 2.45. The number of carboxylic acids is 1. The van der Waals surface area contributed by atoms with Gasteiger partial charge >= 0.3 is 5.97 Å². The standard InChI is InChI=1S/C30H24N4O6S4/c1-31-17-11-5-3-9-15(17)20(24(31)35)22-26(37)33(29(41)43-22)14-8-7-13-19(28(39)40)34-27(38)23(44-30(34)42)21-16-10-4-6-12-18(16)32(2)25(21)36/h3-6,9-12,19H,7-8,13-14H2,1-2H3,(H,39,40)/b22-20-,23-21-/t19-/m0/s1. The number of nitrogens with zero attached hydrogens (tertiary/aromatic N) is 4. The van der Waals surface area contributed by atoms with Crippen molar-refractivity contribution in [3.05, 3.63) is 69.5 Å². The molecule has 2 saturated heterocycles. The molecule has 0 radical (unpaired) electrons. The molecule has 6 rings (SSSR count). The van der Waals surface area contributed by atoms with Gasteiger partial charge in [0, 0.05) is 31.8 Å². The van der Waals surface area contributed by atoms with Crippen molar-refractivity contribution in [3.63, 3.8) is 0 Å². The van der Waals surface area contributed by atoms with Crippen LogP contribution >= 0.6 is 48.0 Å². The van der Waals surface area contributed by atoms with Gasteiger partial charge in [-0.05, 0) is 31.4 Å². The number of rotatable bonds is 7. The number of carboxylic acid groups (broad SMARTS) is 1. The van der Waals surface area contributed by atoms with Gasteiger partial charge in [0.2, 0.25) is 0 Å². The molecule has 4 aliphatic heterocycles. The molecule has 4 aliphatic rings. The fraction of sp³-hybridized carbons (Fsp3) is 0.233. The molecule has 2 aromatic carbocycles. The van der Waals surface area contributed by atoms with Crippen molar-refractivity contribution in [2.75, 3.05) is 30.4 Å². The van der Waals surface area contributed by atoms with Crippen molar-refractivity contribution in [2.24, 2.45) is 0 Å². The van der Waals surface area contributed by atoms with E-state index in [1.54, 1.807) is 44.4 Å². The van der Waals surface area contributed by atoms with Crippen LogP contribution in [0.1, 0.15) is 30.4 Å². The predicted molar refractivity (Wildman–Crippen MR) is 178 cm³/mol. The molecule has 0 bridgehead atoms. The second-order valence-electron chi connectivity index (χ2n) is 10.4. The Balaban J connectivity index is 1.15. The Morgan fingerprint density at radius 1 is 0.750 bits per heavy atom. The van der Waals surface area contributed by atoms with Crippen molar-refractivity contribution in [1.82, 2.24) is 9.80 Å². The second-order valence-corrected chi connectivity index (χ2v) is 13.7. The SMILES string of the molecule is CN1C(=O)/C(=C2\SC(=S)N(CCCC[C@@H](C(=O)O)N3C(=O)/C(=C4/C(=O)N(C)c5ccccc54)SC3=S)C2=O)c2ccccc21. The Labute approximate surface area is 271 Å². The van der Waals surface area contributed by atoms with Crippen LogP contribution in [0.25, 0.3) is 11.1 Å². The Morgan fingerprint density at radius 2 is 1.25 bits per heavy atom. The lowest BCUT2D eigenvalue weighted by Crippen LogP contribution is -2.44. The summed E-state index contributed by atoms with van der Waals surface area (Å²) < 4.78 is 0.391. The van der Waals surface area contributed by atoms with E-state index >= 15 is 0 Å². The van der Waals surface area contributed by atoms with Gasteiger partial charge in [-0.2, -0.15) is 0 Å². The van der Waals surface area contributed by atoms with E-state index in [4.69, 9.17) is 24.4 Å². The summed E-state index contributed by atoms with van der Waals surface area (Å²) in [4.78, 5) is 71.2. The first-order chi connectivity index (χ1) is 21.0. The van der Waals surface area contributed by atoms with Gasteiger partial charge in [-0.3, -0.25) is 29.0 Å². The summed E-state index contributed by atoms with van der Waals surface area (Å²) in [6.07, 6.45) is 0.815. The third-order valence-corrected chi connectivity index (χ3v) is 10.8. The van der Waals surface area contributed by atoms with E-state index in [0.717, 1.165) is 34.1 Å². The zero-order valence-corrected chi connectivity index (χ0v) is 26.7. The largest absolute Gasteiger partial charge is 0.480 e. The summed E-state index contributed by atoms with van der Waals surface area (Å²) in [6.45, 7) is 0.222. The Kier molecular flexibility index (Phi) is 7.94.